The second kappa shape index (κ2) is 6.72. The monoisotopic (exact) mass is 339 g/mol. The molecule has 0 spiro atoms. The molecular formula is C15H18F5NO2. The first kappa shape index (κ1) is 19.2. The van der Waals surface area contributed by atoms with Gasteiger partial charge in [-0.25, -0.2) is 0 Å². The number of carbonyl (C=O) groups is 1. The summed E-state index contributed by atoms with van der Waals surface area (Å²) in [7, 11) is 2.40. The predicted molar refractivity (Wildman–Crippen MR) is 74.7 cm³/mol. The fraction of sp³-hybridized carbons (Fsp3) is 0.533. The molecule has 0 radical (unpaired) electrons. The molecule has 1 aromatic rings. The van der Waals surface area contributed by atoms with Crippen LogP contribution in [0.1, 0.15) is 18.1 Å². The molecule has 0 aromatic heterocycles. The van der Waals surface area contributed by atoms with Crippen LogP contribution in [0, 0.1) is 6.92 Å². The maximum absolute atomic E-state index is 13.1. The van der Waals surface area contributed by atoms with Crippen LogP contribution in [0.25, 0.3) is 0 Å². The lowest BCUT2D eigenvalue weighted by Gasteiger charge is -2.30. The highest BCUT2D eigenvalue weighted by Crippen LogP contribution is 2.37. The number of rotatable bonds is 5. The number of carbonyl (C=O) groups excluding carboxylic acids is 1. The predicted octanol–water partition coefficient (Wildman–Crippen LogP) is 3.59. The highest BCUT2D eigenvalue weighted by molar-refractivity contribution is 5.84. The summed E-state index contributed by atoms with van der Waals surface area (Å²) in [6.45, 7) is 3.15. The summed E-state index contributed by atoms with van der Waals surface area (Å²) in [5, 5.41) is 0. The Morgan fingerprint density at radius 1 is 1.26 bits per heavy atom. The number of benzene rings is 1. The van der Waals surface area contributed by atoms with Crippen LogP contribution in [0.4, 0.5) is 22.0 Å². The van der Waals surface area contributed by atoms with Gasteiger partial charge in [-0.2, -0.15) is 22.0 Å². The van der Waals surface area contributed by atoms with Crippen LogP contribution < -0.4 is 4.74 Å². The van der Waals surface area contributed by atoms with Crippen molar-refractivity contribution in [3.05, 3.63) is 29.3 Å². The SMILES string of the molecule is COc1cccc(CC(C)N(C)C(=O)C(F)(F)C(F)(F)F)c1C. The largest absolute Gasteiger partial charge is 0.496 e. The first-order valence-electron chi connectivity index (χ1n) is 6.77. The van der Waals surface area contributed by atoms with Gasteiger partial charge in [0, 0.05) is 13.1 Å². The molecule has 1 unspecified atom stereocenters. The first-order chi connectivity index (χ1) is 10.4. The van der Waals surface area contributed by atoms with E-state index >= 15 is 0 Å². The van der Waals surface area contributed by atoms with E-state index < -0.39 is 24.0 Å². The fourth-order valence-electron chi connectivity index (χ4n) is 2.10. The molecule has 0 aliphatic heterocycles. The molecule has 0 heterocycles. The first-order valence-corrected chi connectivity index (χ1v) is 6.77. The molecule has 0 N–H and O–H groups in total. The Balaban J connectivity index is 2.94. The summed E-state index contributed by atoms with van der Waals surface area (Å²) < 4.78 is 68.2. The molecule has 0 saturated heterocycles. The van der Waals surface area contributed by atoms with E-state index in [-0.39, 0.29) is 6.42 Å². The zero-order chi connectivity index (χ0) is 18.0. The Morgan fingerprint density at radius 2 is 1.83 bits per heavy atom. The van der Waals surface area contributed by atoms with Crippen LogP contribution in [0.15, 0.2) is 18.2 Å². The molecule has 0 fully saturated rings. The van der Waals surface area contributed by atoms with Crippen molar-refractivity contribution in [3.8, 4) is 5.75 Å². The minimum absolute atomic E-state index is 0.124. The van der Waals surface area contributed by atoms with Crippen LogP contribution in [0.2, 0.25) is 0 Å². The number of nitrogens with zero attached hydrogens (tertiary/aromatic N) is 1. The second-order valence-corrected chi connectivity index (χ2v) is 5.29. The van der Waals surface area contributed by atoms with Crippen LogP contribution in [0.5, 0.6) is 5.75 Å². The number of methoxy groups -OCH3 is 1. The molecule has 8 heteroatoms. The van der Waals surface area contributed by atoms with Crippen molar-refractivity contribution in [1.82, 2.24) is 4.90 Å². The highest BCUT2D eigenvalue weighted by Gasteiger charge is 2.64. The normalized spacial score (nSPS) is 13.6. The number of ether oxygens (including phenoxy) is 1. The number of halogens is 5. The zero-order valence-electron chi connectivity index (χ0n) is 13.2. The summed E-state index contributed by atoms with van der Waals surface area (Å²) in [4.78, 5) is 11.9. The molecule has 1 atom stereocenters. The lowest BCUT2D eigenvalue weighted by atomic mass is 10.00. The number of hydrogen-bond acceptors (Lipinski definition) is 2. The molecular weight excluding hydrogens is 321 g/mol. The van der Waals surface area contributed by atoms with E-state index in [1.54, 1.807) is 25.1 Å². The Morgan fingerprint density at radius 3 is 2.30 bits per heavy atom. The van der Waals surface area contributed by atoms with Gasteiger partial charge in [-0.05, 0) is 37.5 Å². The topological polar surface area (TPSA) is 29.5 Å². The second-order valence-electron chi connectivity index (χ2n) is 5.29. The van der Waals surface area contributed by atoms with Gasteiger partial charge in [0.2, 0.25) is 0 Å². The molecule has 0 saturated carbocycles. The number of likely N-dealkylation sites (N-methyl/N-ethyl adjacent to an activating group) is 1. The summed E-state index contributed by atoms with van der Waals surface area (Å²) in [5.41, 5.74) is 1.44. The van der Waals surface area contributed by atoms with Gasteiger partial charge < -0.3 is 9.64 Å². The van der Waals surface area contributed by atoms with Crippen molar-refractivity contribution in [2.45, 2.75) is 38.4 Å². The van der Waals surface area contributed by atoms with Crippen LogP contribution in [0.3, 0.4) is 0 Å². The van der Waals surface area contributed by atoms with Crippen molar-refractivity contribution < 1.29 is 31.5 Å². The molecule has 0 aliphatic carbocycles. The summed E-state index contributed by atoms with van der Waals surface area (Å²) >= 11 is 0. The van der Waals surface area contributed by atoms with Crippen molar-refractivity contribution in [2.75, 3.05) is 14.2 Å². The number of alkyl halides is 5. The van der Waals surface area contributed by atoms with Gasteiger partial charge in [0.05, 0.1) is 7.11 Å². The molecule has 3 nitrogen and oxygen atoms in total. The zero-order valence-corrected chi connectivity index (χ0v) is 13.2. The molecule has 0 bridgehead atoms. The quantitative estimate of drug-likeness (QED) is 0.768. The van der Waals surface area contributed by atoms with Crippen LogP contribution in [-0.4, -0.2) is 43.1 Å². The maximum Gasteiger partial charge on any atom is 0.463 e. The van der Waals surface area contributed by atoms with Gasteiger partial charge in [0.25, 0.3) is 0 Å². The molecule has 23 heavy (non-hydrogen) atoms. The van der Waals surface area contributed by atoms with Gasteiger partial charge >= 0.3 is 18.0 Å². The minimum Gasteiger partial charge on any atom is -0.496 e. The van der Waals surface area contributed by atoms with Crippen LogP contribution in [-0.2, 0) is 11.2 Å². The smallest absolute Gasteiger partial charge is 0.463 e. The van der Waals surface area contributed by atoms with Gasteiger partial charge in [-0.1, -0.05) is 12.1 Å². The average molecular weight is 339 g/mol. The van der Waals surface area contributed by atoms with E-state index in [0.717, 1.165) is 12.6 Å². The third-order valence-corrected chi connectivity index (χ3v) is 3.74. The Hall–Kier alpha value is -1.86. The van der Waals surface area contributed by atoms with E-state index in [1.807, 2.05) is 0 Å². The van der Waals surface area contributed by atoms with Gasteiger partial charge in [-0.3, -0.25) is 4.79 Å². The molecule has 0 aliphatic rings. The van der Waals surface area contributed by atoms with E-state index in [1.165, 1.54) is 14.0 Å². The summed E-state index contributed by atoms with van der Waals surface area (Å²) in [6, 6.07) is 4.24. The van der Waals surface area contributed by atoms with Crippen molar-refractivity contribution >= 4 is 5.91 Å². The standard InChI is InChI=1S/C15H18F5NO2/c1-9(8-11-6-5-7-12(23-4)10(11)2)21(3)13(22)14(16,17)15(18,19)20/h5-7,9H,8H2,1-4H3. The molecule has 1 rings (SSSR count). The Kier molecular flexibility index (Phi) is 5.60. The van der Waals surface area contributed by atoms with E-state index in [2.05, 4.69) is 0 Å². The van der Waals surface area contributed by atoms with E-state index in [4.69, 9.17) is 4.74 Å². The summed E-state index contributed by atoms with van der Waals surface area (Å²) in [6.07, 6.45) is -5.79. The van der Waals surface area contributed by atoms with Gasteiger partial charge in [0.15, 0.2) is 0 Å². The van der Waals surface area contributed by atoms with Crippen molar-refractivity contribution in [2.24, 2.45) is 0 Å². The van der Waals surface area contributed by atoms with E-state index in [0.29, 0.717) is 16.2 Å². The van der Waals surface area contributed by atoms with Crippen molar-refractivity contribution in [1.29, 1.82) is 0 Å². The molecule has 1 aromatic carbocycles. The summed E-state index contributed by atoms with van der Waals surface area (Å²) in [5.74, 6) is -7.10. The number of amides is 1. The lowest BCUT2D eigenvalue weighted by Crippen LogP contribution is -2.53. The average Bonchev–Trinajstić information content (AvgIpc) is 2.46. The molecule has 130 valence electrons. The minimum atomic E-state index is -5.91. The van der Waals surface area contributed by atoms with E-state index in [9.17, 15) is 26.7 Å². The van der Waals surface area contributed by atoms with Gasteiger partial charge in [-0.15, -0.1) is 0 Å². The van der Waals surface area contributed by atoms with Gasteiger partial charge in [0.1, 0.15) is 5.75 Å². The molecule has 1 amide bonds. The van der Waals surface area contributed by atoms with Crippen LogP contribution >= 0.6 is 0 Å². The maximum atomic E-state index is 13.1. The third kappa shape index (κ3) is 3.92. The number of hydrogen-bond donors (Lipinski definition) is 0. The fourth-order valence-corrected chi connectivity index (χ4v) is 2.10. The third-order valence-electron chi connectivity index (χ3n) is 3.74. The highest BCUT2D eigenvalue weighted by atomic mass is 19.4. The Bertz CT molecular complexity index is 571. The lowest BCUT2D eigenvalue weighted by molar-refractivity contribution is -0.274. The Labute approximate surface area is 131 Å². The van der Waals surface area contributed by atoms with Crippen molar-refractivity contribution in [3.63, 3.8) is 0 Å².